The number of halogens is 3. The van der Waals surface area contributed by atoms with E-state index in [1.54, 1.807) is 0 Å². The van der Waals surface area contributed by atoms with E-state index in [2.05, 4.69) is 4.74 Å². The number of alkyl halides is 3. The van der Waals surface area contributed by atoms with Crippen LogP contribution in [-0.4, -0.2) is 18.2 Å². The summed E-state index contributed by atoms with van der Waals surface area (Å²) in [5, 5.41) is 0. The fraction of sp³-hybridized carbons (Fsp3) is 0.857. The predicted molar refractivity (Wildman–Crippen MR) is 36.4 cm³/mol. The van der Waals surface area contributed by atoms with Crippen molar-refractivity contribution in [3.63, 3.8) is 0 Å². The summed E-state index contributed by atoms with van der Waals surface area (Å²) in [4.78, 5) is 10.7. The van der Waals surface area contributed by atoms with Crippen molar-refractivity contribution in [3.05, 3.63) is 0 Å². The molecule has 1 unspecified atom stereocenters. The van der Waals surface area contributed by atoms with E-state index in [0.29, 0.717) is 0 Å². The van der Waals surface area contributed by atoms with Gasteiger partial charge in [-0.3, -0.25) is 4.79 Å². The van der Waals surface area contributed by atoms with Crippen LogP contribution in [0, 0.1) is 5.92 Å². The van der Waals surface area contributed by atoms with E-state index in [0.717, 1.165) is 6.92 Å². The fourth-order valence-electron chi connectivity index (χ4n) is 0.468. The molecule has 0 aliphatic rings. The zero-order chi connectivity index (χ0) is 9.94. The Kier molecular flexibility index (Phi) is 3.55. The first-order chi connectivity index (χ1) is 5.25. The predicted octanol–water partition coefficient (Wildman–Crippen LogP) is 2.14. The largest absolute Gasteiger partial charge is 0.463 e. The highest BCUT2D eigenvalue weighted by Crippen LogP contribution is 2.26. The van der Waals surface area contributed by atoms with Crippen LogP contribution < -0.4 is 0 Å². The van der Waals surface area contributed by atoms with Crippen LogP contribution in [0.3, 0.4) is 0 Å². The molecule has 0 saturated carbocycles. The summed E-state index contributed by atoms with van der Waals surface area (Å²) in [5.74, 6) is -3.27. The molecule has 0 fully saturated rings. The molecule has 0 heterocycles. The van der Waals surface area contributed by atoms with Gasteiger partial charge in [0.1, 0.15) is 5.92 Å². The average Bonchev–Trinajstić information content (AvgIpc) is 1.82. The van der Waals surface area contributed by atoms with Crippen molar-refractivity contribution in [1.82, 2.24) is 0 Å². The average molecular weight is 184 g/mol. The molecule has 12 heavy (non-hydrogen) atoms. The molecule has 1 atom stereocenters. The van der Waals surface area contributed by atoms with Crippen molar-refractivity contribution in [3.8, 4) is 0 Å². The van der Waals surface area contributed by atoms with E-state index in [1.165, 1.54) is 13.8 Å². The van der Waals surface area contributed by atoms with Gasteiger partial charge in [0.05, 0.1) is 6.10 Å². The van der Waals surface area contributed by atoms with Crippen molar-refractivity contribution < 1.29 is 22.7 Å². The van der Waals surface area contributed by atoms with Gasteiger partial charge in [0, 0.05) is 0 Å². The SMILES string of the molecule is CC(C)OC(=O)C(C)C(F)(F)F. The van der Waals surface area contributed by atoms with E-state index >= 15 is 0 Å². The molecule has 0 amide bonds. The molecule has 0 radical (unpaired) electrons. The molecular formula is C7H11F3O2. The number of carbonyl (C=O) groups is 1. The molecule has 0 spiro atoms. The zero-order valence-corrected chi connectivity index (χ0v) is 7.11. The van der Waals surface area contributed by atoms with Gasteiger partial charge in [-0.1, -0.05) is 0 Å². The Morgan fingerprint density at radius 1 is 1.25 bits per heavy atom. The van der Waals surface area contributed by atoms with Crippen molar-refractivity contribution >= 4 is 5.97 Å². The van der Waals surface area contributed by atoms with E-state index < -0.39 is 24.2 Å². The van der Waals surface area contributed by atoms with E-state index in [-0.39, 0.29) is 0 Å². The molecule has 5 heteroatoms. The van der Waals surface area contributed by atoms with Gasteiger partial charge in [-0.15, -0.1) is 0 Å². The van der Waals surface area contributed by atoms with Crippen LogP contribution in [0.4, 0.5) is 13.2 Å². The van der Waals surface area contributed by atoms with Gasteiger partial charge in [0.25, 0.3) is 0 Å². The fourth-order valence-corrected chi connectivity index (χ4v) is 0.468. The van der Waals surface area contributed by atoms with Crippen molar-refractivity contribution in [2.24, 2.45) is 5.92 Å². The third-order valence-corrected chi connectivity index (χ3v) is 1.20. The Balaban J connectivity index is 4.12. The molecule has 2 nitrogen and oxygen atoms in total. The minimum absolute atomic E-state index is 0.512. The van der Waals surface area contributed by atoms with Crippen molar-refractivity contribution in [1.29, 1.82) is 0 Å². The minimum atomic E-state index is -4.51. The summed E-state index contributed by atoms with van der Waals surface area (Å²) in [6.45, 7) is 3.78. The lowest BCUT2D eigenvalue weighted by Crippen LogP contribution is -2.31. The van der Waals surface area contributed by atoms with E-state index in [9.17, 15) is 18.0 Å². The third-order valence-electron chi connectivity index (χ3n) is 1.20. The highest BCUT2D eigenvalue weighted by Gasteiger charge is 2.42. The van der Waals surface area contributed by atoms with Crippen molar-refractivity contribution in [2.45, 2.75) is 33.1 Å². The van der Waals surface area contributed by atoms with Gasteiger partial charge in [0.15, 0.2) is 0 Å². The van der Waals surface area contributed by atoms with Gasteiger partial charge in [0.2, 0.25) is 0 Å². The minimum Gasteiger partial charge on any atom is -0.463 e. The Bertz CT molecular complexity index is 163. The molecule has 0 aliphatic heterocycles. The quantitative estimate of drug-likeness (QED) is 0.614. The maximum absolute atomic E-state index is 11.8. The number of esters is 1. The first-order valence-electron chi connectivity index (χ1n) is 3.52. The molecular weight excluding hydrogens is 173 g/mol. The standard InChI is InChI=1S/C7H11F3O2/c1-4(2)12-6(11)5(3)7(8,9)10/h4-5H,1-3H3. The van der Waals surface area contributed by atoms with Crippen LogP contribution in [0.5, 0.6) is 0 Å². The smallest absolute Gasteiger partial charge is 0.401 e. The molecule has 0 rings (SSSR count). The van der Waals surface area contributed by atoms with Crippen LogP contribution in [0.25, 0.3) is 0 Å². The number of ether oxygens (including phenoxy) is 1. The topological polar surface area (TPSA) is 26.3 Å². The monoisotopic (exact) mass is 184 g/mol. The highest BCUT2D eigenvalue weighted by atomic mass is 19.4. The Morgan fingerprint density at radius 3 is 1.92 bits per heavy atom. The van der Waals surface area contributed by atoms with E-state index in [1.807, 2.05) is 0 Å². The van der Waals surface area contributed by atoms with Crippen LogP contribution >= 0.6 is 0 Å². The zero-order valence-electron chi connectivity index (χ0n) is 7.11. The summed E-state index contributed by atoms with van der Waals surface area (Å²) in [5.41, 5.74) is 0. The molecule has 0 bridgehead atoms. The van der Waals surface area contributed by atoms with Crippen LogP contribution in [0.15, 0.2) is 0 Å². The lowest BCUT2D eigenvalue weighted by Gasteiger charge is -2.15. The summed E-state index contributed by atoms with van der Waals surface area (Å²) in [6, 6.07) is 0. The number of hydrogen-bond donors (Lipinski definition) is 0. The molecule has 0 aromatic carbocycles. The Morgan fingerprint density at radius 2 is 1.67 bits per heavy atom. The summed E-state index contributed by atoms with van der Waals surface area (Å²) < 4.78 is 39.9. The van der Waals surface area contributed by atoms with Gasteiger partial charge >= 0.3 is 12.1 Å². The van der Waals surface area contributed by atoms with Crippen LogP contribution in [0.2, 0.25) is 0 Å². The highest BCUT2D eigenvalue weighted by molar-refractivity contribution is 5.73. The maximum Gasteiger partial charge on any atom is 0.401 e. The van der Waals surface area contributed by atoms with Crippen LogP contribution in [0.1, 0.15) is 20.8 Å². The first-order valence-corrected chi connectivity index (χ1v) is 3.52. The lowest BCUT2D eigenvalue weighted by molar-refractivity contribution is -0.196. The summed E-state index contributed by atoms with van der Waals surface area (Å²) >= 11 is 0. The second-order valence-electron chi connectivity index (χ2n) is 2.75. The molecule has 0 N–H and O–H groups in total. The van der Waals surface area contributed by atoms with Gasteiger partial charge in [-0.25, -0.2) is 0 Å². The van der Waals surface area contributed by atoms with Gasteiger partial charge < -0.3 is 4.74 Å². The van der Waals surface area contributed by atoms with E-state index in [4.69, 9.17) is 0 Å². The lowest BCUT2D eigenvalue weighted by atomic mass is 10.2. The molecule has 0 aromatic rings. The Hall–Kier alpha value is -0.740. The Labute approximate surface area is 68.7 Å². The normalized spacial score (nSPS) is 14.6. The maximum atomic E-state index is 11.8. The van der Waals surface area contributed by atoms with Gasteiger partial charge in [-0.2, -0.15) is 13.2 Å². The van der Waals surface area contributed by atoms with Crippen molar-refractivity contribution in [2.75, 3.05) is 0 Å². The van der Waals surface area contributed by atoms with Crippen LogP contribution in [-0.2, 0) is 9.53 Å². The molecule has 0 aliphatic carbocycles. The number of carbonyl (C=O) groups excluding carboxylic acids is 1. The number of hydrogen-bond acceptors (Lipinski definition) is 2. The summed E-state index contributed by atoms with van der Waals surface area (Å²) in [7, 11) is 0. The third kappa shape index (κ3) is 3.59. The summed E-state index contributed by atoms with van der Waals surface area (Å²) in [6.07, 6.45) is -5.02. The molecule has 0 aromatic heterocycles. The molecule has 0 saturated heterocycles. The first kappa shape index (κ1) is 11.3. The molecule has 72 valence electrons. The second-order valence-corrected chi connectivity index (χ2v) is 2.75. The second kappa shape index (κ2) is 3.78. The number of rotatable bonds is 2. The van der Waals surface area contributed by atoms with Gasteiger partial charge in [-0.05, 0) is 20.8 Å².